The van der Waals surface area contributed by atoms with E-state index in [2.05, 4.69) is 9.97 Å². The van der Waals surface area contributed by atoms with Crippen LogP contribution < -0.4 is 18.9 Å². The van der Waals surface area contributed by atoms with Gasteiger partial charge in [0.2, 0.25) is 0 Å². The van der Waals surface area contributed by atoms with E-state index >= 15 is 4.39 Å². The summed E-state index contributed by atoms with van der Waals surface area (Å²) in [5.74, 6) is -0.592. The molecule has 1 aromatic carbocycles. The van der Waals surface area contributed by atoms with Crippen molar-refractivity contribution in [2.45, 2.75) is 38.3 Å². The molecule has 11 nitrogen and oxygen atoms in total. The summed E-state index contributed by atoms with van der Waals surface area (Å²) in [6.07, 6.45) is 4.37. The number of ether oxygens (including phenoxy) is 2. The lowest BCUT2D eigenvalue weighted by Crippen LogP contribution is -2.57. The minimum absolute atomic E-state index is 0.0717. The number of fused-ring (bicyclic) bond motifs is 2. The summed E-state index contributed by atoms with van der Waals surface area (Å²) in [7, 11) is -2.78. The van der Waals surface area contributed by atoms with E-state index < -0.39 is 33.5 Å². The number of rotatable bonds is 7. The predicted octanol–water partition coefficient (Wildman–Crippen LogP) is 3.58. The molecular formula is C22H22FN5O6S. The average Bonchev–Trinajstić information content (AvgIpc) is 3.20. The molecule has 1 fully saturated rings. The predicted molar refractivity (Wildman–Crippen MR) is 121 cm³/mol. The molecule has 1 aliphatic carbocycles. The van der Waals surface area contributed by atoms with Crippen molar-refractivity contribution >= 4 is 22.1 Å². The molecule has 1 spiro atoms. The molecule has 35 heavy (non-hydrogen) atoms. The van der Waals surface area contributed by atoms with Gasteiger partial charge in [0.1, 0.15) is 17.8 Å². The molecule has 3 aromatic rings. The Kier molecular flexibility index (Phi) is 5.60. The van der Waals surface area contributed by atoms with Crippen molar-refractivity contribution in [1.29, 1.82) is 0 Å². The average molecular weight is 504 g/mol. The molecule has 13 heteroatoms. The minimum Gasteiger partial charge on any atom is -0.417 e. The lowest BCUT2D eigenvalue weighted by molar-refractivity contribution is 0.00111. The minimum atomic E-state index is -3.97. The molecule has 2 aliphatic rings. The molecule has 0 unspecified atom stereocenters. The molecule has 184 valence electrons. The number of carbonyl (C=O) groups is 1. The molecule has 1 amide bonds. The molecule has 0 atom stereocenters. The maximum atomic E-state index is 15.1. The fraction of sp³-hybridized carbons (Fsp3) is 0.318. The summed E-state index contributed by atoms with van der Waals surface area (Å²) in [6.45, 7) is 1.64. The van der Waals surface area contributed by atoms with Crippen LogP contribution in [0.15, 0.2) is 41.1 Å². The van der Waals surface area contributed by atoms with E-state index in [1.165, 1.54) is 30.5 Å². The van der Waals surface area contributed by atoms with Crippen LogP contribution in [-0.4, -0.2) is 36.4 Å². The summed E-state index contributed by atoms with van der Waals surface area (Å²) in [4.78, 5) is 22.4. The van der Waals surface area contributed by atoms with Crippen LogP contribution >= 0.6 is 0 Å². The van der Waals surface area contributed by atoms with Gasteiger partial charge in [-0.1, -0.05) is 0 Å². The number of hydrogen-bond acceptors (Lipinski definition) is 8. The molecule has 0 bridgehead atoms. The number of oxazole rings is 1. The van der Waals surface area contributed by atoms with E-state index in [1.54, 1.807) is 19.1 Å². The number of nitrogens with zero attached hydrogens (tertiary/aromatic N) is 3. The van der Waals surface area contributed by atoms with Gasteiger partial charge in [-0.05, 0) is 44.4 Å². The van der Waals surface area contributed by atoms with Gasteiger partial charge in [-0.3, -0.25) is 9.62 Å². The Morgan fingerprint density at radius 2 is 2.09 bits per heavy atom. The molecule has 2 N–H and O–H groups in total. The van der Waals surface area contributed by atoms with E-state index in [-0.39, 0.29) is 18.2 Å². The Morgan fingerprint density at radius 1 is 1.29 bits per heavy atom. The van der Waals surface area contributed by atoms with Gasteiger partial charge in [-0.2, -0.15) is 13.4 Å². The van der Waals surface area contributed by atoms with Crippen molar-refractivity contribution < 1.29 is 31.5 Å². The summed E-state index contributed by atoms with van der Waals surface area (Å²) in [5, 5.41) is 0. The van der Waals surface area contributed by atoms with E-state index in [0.29, 0.717) is 30.0 Å². The fourth-order valence-electron chi connectivity index (χ4n) is 4.28. The van der Waals surface area contributed by atoms with Crippen molar-refractivity contribution in [3.8, 4) is 17.6 Å². The summed E-state index contributed by atoms with van der Waals surface area (Å²) in [5.41, 5.74) is 0.867. The highest BCUT2D eigenvalue weighted by molar-refractivity contribution is 7.90. The zero-order valence-electron chi connectivity index (χ0n) is 18.9. The number of nitrogens with one attached hydrogen (secondary N) is 2. The van der Waals surface area contributed by atoms with E-state index in [9.17, 15) is 13.2 Å². The Morgan fingerprint density at radius 3 is 2.74 bits per heavy atom. The Labute approximate surface area is 200 Å². The van der Waals surface area contributed by atoms with Crippen LogP contribution in [0.1, 0.15) is 36.1 Å². The van der Waals surface area contributed by atoms with Gasteiger partial charge < -0.3 is 13.9 Å². The van der Waals surface area contributed by atoms with Gasteiger partial charge in [-0.15, -0.1) is 0 Å². The number of amides is 1. The van der Waals surface area contributed by atoms with Crippen molar-refractivity contribution in [3.63, 3.8) is 0 Å². The highest BCUT2D eigenvalue weighted by Crippen LogP contribution is 2.53. The molecule has 3 heterocycles. The molecule has 1 saturated carbocycles. The van der Waals surface area contributed by atoms with Gasteiger partial charge >= 0.3 is 12.2 Å². The van der Waals surface area contributed by atoms with Crippen molar-refractivity contribution in [3.05, 3.63) is 59.4 Å². The third kappa shape index (κ3) is 4.17. The SMILES string of the molecule is CNS(=O)(=O)Nc1nccc(CN2C(=O)Oc3cc(Oc4nc(C)co4)ccc3C23CCC3)c1F. The number of pyridine rings is 1. The quantitative estimate of drug-likeness (QED) is 0.499. The monoisotopic (exact) mass is 503 g/mol. The Balaban J connectivity index is 1.44. The van der Waals surface area contributed by atoms with Crippen LogP contribution in [-0.2, 0) is 22.3 Å². The first-order valence-electron chi connectivity index (χ1n) is 10.8. The highest BCUT2D eigenvalue weighted by atomic mass is 32.2. The van der Waals surface area contributed by atoms with Crippen molar-refractivity contribution in [2.75, 3.05) is 11.8 Å². The van der Waals surface area contributed by atoms with Crippen molar-refractivity contribution in [2.24, 2.45) is 0 Å². The first-order chi connectivity index (χ1) is 16.7. The fourth-order valence-corrected chi connectivity index (χ4v) is 4.78. The summed E-state index contributed by atoms with van der Waals surface area (Å²) >= 11 is 0. The van der Waals surface area contributed by atoms with Gasteiger partial charge in [-0.25, -0.2) is 18.9 Å². The number of anilines is 1. The van der Waals surface area contributed by atoms with Crippen LogP contribution in [0.3, 0.4) is 0 Å². The number of halogens is 1. The largest absolute Gasteiger partial charge is 0.417 e. The maximum Gasteiger partial charge on any atom is 0.416 e. The van der Waals surface area contributed by atoms with Crippen LogP contribution in [0.2, 0.25) is 0 Å². The third-order valence-corrected chi connectivity index (χ3v) is 7.17. The number of hydrogen-bond donors (Lipinski definition) is 2. The Hall–Kier alpha value is -3.71. The van der Waals surface area contributed by atoms with Gasteiger partial charge in [0.25, 0.3) is 10.2 Å². The molecule has 0 saturated heterocycles. The summed E-state index contributed by atoms with van der Waals surface area (Å²) < 4.78 is 59.2. The zero-order valence-corrected chi connectivity index (χ0v) is 19.7. The van der Waals surface area contributed by atoms with Crippen molar-refractivity contribution in [1.82, 2.24) is 19.6 Å². The number of carbonyl (C=O) groups excluding carboxylic acids is 1. The normalized spacial score (nSPS) is 16.4. The third-order valence-electron chi connectivity index (χ3n) is 6.17. The van der Waals surface area contributed by atoms with Gasteiger partial charge in [0.15, 0.2) is 11.6 Å². The molecule has 5 rings (SSSR count). The van der Waals surface area contributed by atoms with Crippen LogP contribution in [0.25, 0.3) is 0 Å². The zero-order chi connectivity index (χ0) is 24.8. The topological polar surface area (TPSA) is 136 Å². The number of aryl methyl sites for hydroxylation is 1. The van der Waals surface area contributed by atoms with Crippen LogP contribution in [0, 0.1) is 12.7 Å². The first-order valence-corrected chi connectivity index (χ1v) is 12.3. The van der Waals surface area contributed by atoms with Gasteiger partial charge in [0.05, 0.1) is 17.8 Å². The van der Waals surface area contributed by atoms with Crippen LogP contribution in [0.5, 0.6) is 17.6 Å². The van der Waals surface area contributed by atoms with E-state index in [0.717, 1.165) is 12.0 Å². The smallest absolute Gasteiger partial charge is 0.416 e. The lowest BCUT2D eigenvalue weighted by atomic mass is 9.69. The van der Waals surface area contributed by atoms with Gasteiger partial charge in [0, 0.05) is 30.4 Å². The maximum absolute atomic E-state index is 15.1. The standard InChI is InChI=1S/C22H22FN5O6S/c1-13-12-32-20(26-13)33-15-4-5-16-17(10-15)34-21(29)28(22(16)7-3-8-22)11-14-6-9-25-19(18(14)23)27-35(30,31)24-2/h4-6,9-10,12,24H,3,7-8,11H2,1-2H3,(H,25,27). The second-order valence-electron chi connectivity index (χ2n) is 8.30. The second kappa shape index (κ2) is 8.50. The molecular weight excluding hydrogens is 481 g/mol. The second-order valence-corrected chi connectivity index (χ2v) is 9.92. The molecule has 2 aromatic heterocycles. The van der Waals surface area contributed by atoms with E-state index in [1.807, 2.05) is 15.5 Å². The highest BCUT2D eigenvalue weighted by Gasteiger charge is 2.52. The summed E-state index contributed by atoms with van der Waals surface area (Å²) in [6, 6.07) is 6.54. The first kappa shape index (κ1) is 23.1. The Bertz CT molecular complexity index is 1410. The number of benzene rings is 1. The van der Waals surface area contributed by atoms with E-state index in [4.69, 9.17) is 13.9 Å². The molecule has 1 aliphatic heterocycles. The molecule has 0 radical (unpaired) electrons. The lowest BCUT2D eigenvalue weighted by Gasteiger charge is -2.52. The number of aromatic nitrogens is 2. The van der Waals surface area contributed by atoms with Crippen LogP contribution in [0.4, 0.5) is 15.0 Å².